The monoisotopic (exact) mass is 279 g/mol. The molecular weight excluding hydrogens is 254 g/mol. The molecule has 21 heavy (non-hydrogen) atoms. The lowest BCUT2D eigenvalue weighted by Gasteiger charge is -2.21. The molecule has 0 aromatic heterocycles. The van der Waals surface area contributed by atoms with E-state index in [1.165, 1.54) is 23.1 Å². The lowest BCUT2D eigenvalue weighted by Crippen LogP contribution is -2.28. The predicted molar refractivity (Wildman–Crippen MR) is 89.8 cm³/mol. The summed E-state index contributed by atoms with van der Waals surface area (Å²) in [5.41, 5.74) is 4.36. The van der Waals surface area contributed by atoms with Gasteiger partial charge in [-0.05, 0) is 42.0 Å². The Labute approximate surface area is 128 Å². The molecule has 0 saturated carbocycles. The summed E-state index contributed by atoms with van der Waals surface area (Å²) < 4.78 is 0. The van der Waals surface area contributed by atoms with Gasteiger partial charge in [0.25, 0.3) is 0 Å². The van der Waals surface area contributed by atoms with Gasteiger partial charge in [0.1, 0.15) is 0 Å². The first-order chi connectivity index (χ1) is 10.2. The Hall–Kier alpha value is -1.60. The van der Waals surface area contributed by atoms with Crippen molar-refractivity contribution >= 4 is 0 Å². The second-order valence-electron chi connectivity index (χ2n) is 6.47. The zero-order valence-electron chi connectivity index (χ0n) is 13.0. The van der Waals surface area contributed by atoms with Crippen LogP contribution in [0.15, 0.2) is 54.6 Å². The smallest absolute Gasteiger partial charge is 0.0177 e. The van der Waals surface area contributed by atoms with Gasteiger partial charge >= 0.3 is 0 Å². The largest absolute Gasteiger partial charge is 0.313 e. The molecule has 110 valence electrons. The topological polar surface area (TPSA) is 12.0 Å². The first kappa shape index (κ1) is 14.3. The third-order valence-electron chi connectivity index (χ3n) is 4.68. The second kappa shape index (κ2) is 6.44. The molecule has 2 aromatic rings. The van der Waals surface area contributed by atoms with Gasteiger partial charge < -0.3 is 5.32 Å². The normalized spacial score (nSPS) is 21.9. The van der Waals surface area contributed by atoms with Gasteiger partial charge in [0.05, 0.1) is 0 Å². The fourth-order valence-corrected chi connectivity index (χ4v) is 3.38. The van der Waals surface area contributed by atoms with E-state index in [1.807, 2.05) is 0 Å². The molecule has 3 rings (SSSR count). The summed E-state index contributed by atoms with van der Waals surface area (Å²) in [6.07, 6.45) is 2.37. The van der Waals surface area contributed by atoms with Gasteiger partial charge in [-0.1, -0.05) is 68.4 Å². The summed E-state index contributed by atoms with van der Waals surface area (Å²) in [5, 5.41) is 3.69. The van der Waals surface area contributed by atoms with Gasteiger partial charge in [0.15, 0.2) is 0 Å². The molecule has 1 N–H and O–H groups in total. The summed E-state index contributed by atoms with van der Waals surface area (Å²) in [6.45, 7) is 5.64. The van der Waals surface area contributed by atoms with Crippen LogP contribution < -0.4 is 5.32 Å². The minimum Gasteiger partial charge on any atom is -0.313 e. The van der Waals surface area contributed by atoms with Crippen molar-refractivity contribution in [3.63, 3.8) is 0 Å². The van der Waals surface area contributed by atoms with Crippen LogP contribution in [0, 0.1) is 0 Å². The summed E-state index contributed by atoms with van der Waals surface area (Å²) in [7, 11) is 0. The van der Waals surface area contributed by atoms with Crippen LogP contribution in [0.5, 0.6) is 0 Å². The van der Waals surface area contributed by atoms with E-state index < -0.39 is 0 Å². The highest BCUT2D eigenvalue weighted by Gasteiger charge is 2.28. The molecule has 1 aliphatic rings. The Balaban J connectivity index is 1.74. The number of benzene rings is 2. The Morgan fingerprint density at radius 1 is 1.00 bits per heavy atom. The highest BCUT2D eigenvalue weighted by atomic mass is 14.9. The van der Waals surface area contributed by atoms with E-state index >= 15 is 0 Å². The molecule has 0 radical (unpaired) electrons. The van der Waals surface area contributed by atoms with Crippen molar-refractivity contribution in [3.05, 3.63) is 71.3 Å². The zero-order chi connectivity index (χ0) is 14.7. The minimum atomic E-state index is 0.567. The summed E-state index contributed by atoms with van der Waals surface area (Å²) >= 11 is 0. The van der Waals surface area contributed by atoms with E-state index in [0.29, 0.717) is 17.9 Å². The van der Waals surface area contributed by atoms with Crippen LogP contribution >= 0.6 is 0 Å². The molecule has 0 amide bonds. The third-order valence-corrected chi connectivity index (χ3v) is 4.68. The van der Waals surface area contributed by atoms with Crippen molar-refractivity contribution in [3.8, 4) is 0 Å². The van der Waals surface area contributed by atoms with Crippen LogP contribution in [0.25, 0.3) is 0 Å². The van der Waals surface area contributed by atoms with E-state index in [1.54, 1.807) is 0 Å². The highest BCUT2D eigenvalue weighted by Crippen LogP contribution is 2.30. The summed E-state index contributed by atoms with van der Waals surface area (Å²) in [5.74, 6) is 1.26. The molecule has 1 heteroatoms. The van der Waals surface area contributed by atoms with Crippen LogP contribution in [-0.4, -0.2) is 12.6 Å². The van der Waals surface area contributed by atoms with Gasteiger partial charge in [-0.2, -0.15) is 0 Å². The van der Waals surface area contributed by atoms with Crippen molar-refractivity contribution in [2.24, 2.45) is 0 Å². The SMILES string of the molecule is CC(C)c1ccc(C2CCNC2Cc2ccccc2)cc1. The molecular formula is C20H25N. The highest BCUT2D eigenvalue weighted by molar-refractivity contribution is 5.30. The Morgan fingerprint density at radius 2 is 1.71 bits per heavy atom. The molecule has 1 saturated heterocycles. The Bertz CT molecular complexity index is 556. The molecule has 2 atom stereocenters. The molecule has 1 aliphatic heterocycles. The quantitative estimate of drug-likeness (QED) is 0.869. The zero-order valence-corrected chi connectivity index (χ0v) is 13.0. The van der Waals surface area contributed by atoms with Gasteiger partial charge in [-0.15, -0.1) is 0 Å². The van der Waals surface area contributed by atoms with E-state index in [0.717, 1.165) is 13.0 Å². The average molecular weight is 279 g/mol. The van der Waals surface area contributed by atoms with Crippen molar-refractivity contribution in [2.75, 3.05) is 6.54 Å². The van der Waals surface area contributed by atoms with E-state index in [2.05, 4.69) is 73.8 Å². The molecule has 0 aliphatic carbocycles. The van der Waals surface area contributed by atoms with Gasteiger partial charge in [-0.25, -0.2) is 0 Å². The molecule has 0 spiro atoms. The lowest BCUT2D eigenvalue weighted by atomic mass is 9.87. The number of nitrogens with one attached hydrogen (secondary N) is 1. The van der Waals surface area contributed by atoms with Crippen LogP contribution in [0.3, 0.4) is 0 Å². The minimum absolute atomic E-state index is 0.567. The van der Waals surface area contributed by atoms with Crippen LogP contribution in [-0.2, 0) is 6.42 Å². The fraction of sp³-hybridized carbons (Fsp3) is 0.400. The average Bonchev–Trinajstić information content (AvgIpc) is 2.96. The van der Waals surface area contributed by atoms with E-state index in [4.69, 9.17) is 0 Å². The lowest BCUT2D eigenvalue weighted by molar-refractivity contribution is 0.544. The molecule has 2 aromatic carbocycles. The van der Waals surface area contributed by atoms with E-state index in [-0.39, 0.29) is 0 Å². The molecule has 0 bridgehead atoms. The summed E-state index contributed by atoms with van der Waals surface area (Å²) in [4.78, 5) is 0. The van der Waals surface area contributed by atoms with Crippen LogP contribution in [0.1, 0.15) is 48.8 Å². The third kappa shape index (κ3) is 3.36. The molecule has 2 unspecified atom stereocenters. The molecule has 1 nitrogen and oxygen atoms in total. The predicted octanol–water partition coefficient (Wildman–Crippen LogP) is 4.50. The maximum atomic E-state index is 3.69. The maximum Gasteiger partial charge on any atom is 0.0177 e. The molecule has 1 heterocycles. The number of hydrogen-bond donors (Lipinski definition) is 1. The fourth-order valence-electron chi connectivity index (χ4n) is 3.38. The first-order valence-corrected chi connectivity index (χ1v) is 8.11. The molecule has 1 fully saturated rings. The van der Waals surface area contributed by atoms with Crippen molar-refractivity contribution in [1.29, 1.82) is 0 Å². The van der Waals surface area contributed by atoms with Crippen molar-refractivity contribution in [2.45, 2.75) is 44.6 Å². The number of rotatable bonds is 4. The van der Waals surface area contributed by atoms with Gasteiger partial charge in [-0.3, -0.25) is 0 Å². The Morgan fingerprint density at radius 3 is 2.38 bits per heavy atom. The van der Waals surface area contributed by atoms with Crippen LogP contribution in [0.2, 0.25) is 0 Å². The first-order valence-electron chi connectivity index (χ1n) is 8.11. The maximum absolute atomic E-state index is 3.69. The Kier molecular flexibility index (Phi) is 4.40. The number of hydrogen-bond acceptors (Lipinski definition) is 1. The standard InChI is InChI=1S/C20H25N/c1-15(2)17-8-10-18(11-9-17)19-12-13-21-20(19)14-16-6-4-3-5-7-16/h3-11,15,19-21H,12-14H2,1-2H3. The second-order valence-corrected chi connectivity index (χ2v) is 6.47. The van der Waals surface area contributed by atoms with Crippen molar-refractivity contribution < 1.29 is 0 Å². The van der Waals surface area contributed by atoms with Gasteiger partial charge in [0, 0.05) is 12.0 Å². The van der Waals surface area contributed by atoms with E-state index in [9.17, 15) is 0 Å². The van der Waals surface area contributed by atoms with Crippen molar-refractivity contribution in [1.82, 2.24) is 5.32 Å². The summed E-state index contributed by atoms with van der Waals surface area (Å²) in [6, 6.07) is 20.7. The van der Waals surface area contributed by atoms with Crippen LogP contribution in [0.4, 0.5) is 0 Å². The van der Waals surface area contributed by atoms with Gasteiger partial charge in [0.2, 0.25) is 0 Å².